The van der Waals surface area contributed by atoms with Crippen LogP contribution in [0.5, 0.6) is 11.5 Å². The van der Waals surface area contributed by atoms with Crippen LogP contribution >= 0.6 is 0 Å². The number of hydrogen-bond acceptors (Lipinski definition) is 8. The topological polar surface area (TPSA) is 143 Å². The van der Waals surface area contributed by atoms with Crippen molar-refractivity contribution in [2.24, 2.45) is 5.92 Å². The highest BCUT2D eigenvalue weighted by molar-refractivity contribution is 7.92. The molecule has 1 aliphatic heterocycles. The Bertz CT molecular complexity index is 1630. The van der Waals surface area contributed by atoms with Gasteiger partial charge in [0.25, 0.3) is 10.0 Å². The Hall–Kier alpha value is -3.65. The molecule has 0 saturated carbocycles. The molecule has 232 valence electrons. The van der Waals surface area contributed by atoms with E-state index in [2.05, 4.69) is 4.72 Å². The van der Waals surface area contributed by atoms with Crippen LogP contribution in [0.4, 0.5) is 5.69 Å². The van der Waals surface area contributed by atoms with Crippen LogP contribution in [0.15, 0.2) is 82.6 Å². The molecule has 2 N–H and O–H groups in total. The number of methoxy groups -OCH3 is 1. The molecule has 1 heterocycles. The second kappa shape index (κ2) is 13.3. The van der Waals surface area contributed by atoms with E-state index >= 15 is 0 Å². The first kappa shape index (κ1) is 32.3. The number of anilines is 1. The number of ether oxygens (including phenoxy) is 2. The maximum atomic E-state index is 13.5. The van der Waals surface area contributed by atoms with Crippen molar-refractivity contribution in [1.29, 1.82) is 0 Å². The highest BCUT2D eigenvalue weighted by Gasteiger charge is 2.33. The van der Waals surface area contributed by atoms with Crippen LogP contribution in [0.1, 0.15) is 19.4 Å². The van der Waals surface area contributed by atoms with Crippen molar-refractivity contribution in [1.82, 2.24) is 9.21 Å². The summed E-state index contributed by atoms with van der Waals surface area (Å²) in [6.45, 7) is 3.50. The number of nitrogens with zero attached hydrogens (tertiary/aromatic N) is 2. The standard InChI is InChI=1S/C30H37N3O8S2/c1-21-18-33(22(2)20-34)30(35)17-23-16-24(31-42(36,37)26-8-6-5-7-9-26)10-15-28(23)41-29(21)19-32(3)43(38,39)27-13-11-25(40-4)12-14-27/h5-16,21-22,29,31,34H,17-20H2,1-4H3/t21-,22-,29+/m1/s1. The number of hydrogen-bond donors (Lipinski definition) is 2. The van der Waals surface area contributed by atoms with Gasteiger partial charge in [0.05, 0.1) is 42.5 Å². The third-order valence-corrected chi connectivity index (χ3v) is 10.7. The van der Waals surface area contributed by atoms with Crippen molar-refractivity contribution in [3.05, 3.63) is 78.4 Å². The summed E-state index contributed by atoms with van der Waals surface area (Å²) in [5.74, 6) is 0.246. The van der Waals surface area contributed by atoms with Crippen molar-refractivity contribution in [2.75, 3.05) is 38.6 Å². The van der Waals surface area contributed by atoms with Gasteiger partial charge in [0.1, 0.15) is 17.6 Å². The zero-order valence-corrected chi connectivity index (χ0v) is 26.1. The number of rotatable bonds is 10. The van der Waals surface area contributed by atoms with Crippen LogP contribution in [0, 0.1) is 5.92 Å². The number of fused-ring (bicyclic) bond motifs is 1. The van der Waals surface area contributed by atoms with E-state index in [0.29, 0.717) is 17.1 Å². The summed E-state index contributed by atoms with van der Waals surface area (Å²) >= 11 is 0. The van der Waals surface area contributed by atoms with E-state index in [1.807, 2.05) is 6.92 Å². The van der Waals surface area contributed by atoms with Crippen LogP contribution in [0.3, 0.4) is 0 Å². The molecular formula is C30H37N3O8S2. The number of nitrogens with one attached hydrogen (secondary N) is 1. The Kier molecular flexibility index (Phi) is 10.0. The average Bonchev–Trinajstić information content (AvgIpc) is 3.04. The molecule has 3 aromatic carbocycles. The fraction of sp³-hybridized carbons (Fsp3) is 0.367. The van der Waals surface area contributed by atoms with Gasteiger partial charge in [-0.3, -0.25) is 9.52 Å². The van der Waals surface area contributed by atoms with Gasteiger partial charge >= 0.3 is 0 Å². The monoisotopic (exact) mass is 631 g/mol. The number of carbonyl (C=O) groups is 1. The number of aliphatic hydroxyl groups is 1. The number of carbonyl (C=O) groups excluding carboxylic acids is 1. The number of aliphatic hydroxyl groups excluding tert-OH is 1. The van der Waals surface area contributed by atoms with Gasteiger partial charge in [0, 0.05) is 30.8 Å². The second-order valence-corrected chi connectivity index (χ2v) is 14.3. The Balaban J connectivity index is 1.67. The molecule has 0 aromatic heterocycles. The summed E-state index contributed by atoms with van der Waals surface area (Å²) in [7, 11) is -4.82. The molecule has 3 aromatic rings. The predicted octanol–water partition coefficient (Wildman–Crippen LogP) is 2.97. The third kappa shape index (κ3) is 7.47. The maximum Gasteiger partial charge on any atom is 0.261 e. The SMILES string of the molecule is COc1ccc(S(=O)(=O)N(C)C[C@@H]2Oc3ccc(NS(=O)(=O)c4ccccc4)cc3CC(=O)N([C@H](C)CO)C[C@H]2C)cc1. The summed E-state index contributed by atoms with van der Waals surface area (Å²) < 4.78 is 68.0. The first-order valence-electron chi connectivity index (χ1n) is 13.7. The molecule has 1 aliphatic rings. The smallest absolute Gasteiger partial charge is 0.261 e. The van der Waals surface area contributed by atoms with Crippen LogP contribution in [-0.4, -0.2) is 83.1 Å². The van der Waals surface area contributed by atoms with Crippen LogP contribution in [-0.2, 0) is 31.3 Å². The summed E-state index contributed by atoms with van der Waals surface area (Å²) in [4.78, 5) is 15.2. The summed E-state index contributed by atoms with van der Waals surface area (Å²) in [6, 6.07) is 18.1. The van der Waals surface area contributed by atoms with Gasteiger partial charge < -0.3 is 19.5 Å². The lowest BCUT2D eigenvalue weighted by molar-refractivity contribution is -0.134. The Morgan fingerprint density at radius 2 is 1.72 bits per heavy atom. The van der Waals surface area contributed by atoms with Crippen LogP contribution in [0.25, 0.3) is 0 Å². The summed E-state index contributed by atoms with van der Waals surface area (Å²) in [6.07, 6.45) is -0.803. The normalized spacial score (nSPS) is 18.6. The van der Waals surface area contributed by atoms with Crippen molar-refractivity contribution < 1.29 is 36.2 Å². The number of benzene rings is 3. The molecule has 0 unspecified atom stereocenters. The lowest BCUT2D eigenvalue weighted by Crippen LogP contribution is -2.48. The lowest BCUT2D eigenvalue weighted by atomic mass is 10.0. The highest BCUT2D eigenvalue weighted by atomic mass is 32.2. The molecule has 43 heavy (non-hydrogen) atoms. The zero-order chi connectivity index (χ0) is 31.4. The molecule has 0 spiro atoms. The molecule has 0 bridgehead atoms. The predicted molar refractivity (Wildman–Crippen MR) is 162 cm³/mol. The highest BCUT2D eigenvalue weighted by Crippen LogP contribution is 2.31. The fourth-order valence-corrected chi connectivity index (χ4v) is 7.06. The quantitative estimate of drug-likeness (QED) is 0.348. The van der Waals surface area contributed by atoms with E-state index in [1.54, 1.807) is 54.3 Å². The molecule has 1 amide bonds. The molecule has 11 nitrogen and oxygen atoms in total. The summed E-state index contributed by atoms with van der Waals surface area (Å²) in [5.41, 5.74) is 0.664. The molecule has 3 atom stereocenters. The van der Waals surface area contributed by atoms with E-state index in [9.17, 15) is 26.7 Å². The number of likely N-dealkylation sites (N-methyl/N-ethyl adjacent to an activating group) is 1. The van der Waals surface area contributed by atoms with Crippen molar-refractivity contribution >= 4 is 31.6 Å². The van der Waals surface area contributed by atoms with Gasteiger partial charge in [0.15, 0.2) is 0 Å². The molecule has 0 fully saturated rings. The maximum absolute atomic E-state index is 13.5. The fourth-order valence-electron chi connectivity index (χ4n) is 4.80. The number of sulfonamides is 2. The van der Waals surface area contributed by atoms with E-state index in [0.717, 1.165) is 0 Å². The third-order valence-electron chi connectivity index (χ3n) is 7.43. The van der Waals surface area contributed by atoms with Gasteiger partial charge in [-0.05, 0) is 61.5 Å². The van der Waals surface area contributed by atoms with Gasteiger partial charge in [0.2, 0.25) is 15.9 Å². The van der Waals surface area contributed by atoms with Gasteiger partial charge in [-0.1, -0.05) is 25.1 Å². The van der Waals surface area contributed by atoms with Crippen LogP contribution < -0.4 is 14.2 Å². The number of amides is 1. The molecule has 0 saturated heterocycles. The molecule has 0 aliphatic carbocycles. The Morgan fingerprint density at radius 3 is 2.35 bits per heavy atom. The minimum Gasteiger partial charge on any atom is -0.497 e. The van der Waals surface area contributed by atoms with E-state index in [1.165, 1.54) is 48.8 Å². The van der Waals surface area contributed by atoms with Crippen molar-refractivity contribution in [3.63, 3.8) is 0 Å². The molecule has 13 heteroatoms. The van der Waals surface area contributed by atoms with E-state index in [-0.39, 0.29) is 53.4 Å². The van der Waals surface area contributed by atoms with Crippen molar-refractivity contribution in [2.45, 2.75) is 42.2 Å². The minimum absolute atomic E-state index is 0.0348. The molecule has 0 radical (unpaired) electrons. The Labute approximate surface area is 253 Å². The van der Waals surface area contributed by atoms with Gasteiger partial charge in [-0.15, -0.1) is 0 Å². The molecular weight excluding hydrogens is 594 g/mol. The van der Waals surface area contributed by atoms with Crippen molar-refractivity contribution in [3.8, 4) is 11.5 Å². The average molecular weight is 632 g/mol. The zero-order valence-electron chi connectivity index (χ0n) is 24.5. The second-order valence-electron chi connectivity index (χ2n) is 10.6. The lowest BCUT2D eigenvalue weighted by Gasteiger charge is -2.33. The first-order valence-corrected chi connectivity index (χ1v) is 16.7. The largest absolute Gasteiger partial charge is 0.497 e. The van der Waals surface area contributed by atoms with Gasteiger partial charge in [-0.2, -0.15) is 4.31 Å². The van der Waals surface area contributed by atoms with Gasteiger partial charge in [-0.25, -0.2) is 16.8 Å². The Morgan fingerprint density at radius 1 is 1.05 bits per heavy atom. The van der Waals surface area contributed by atoms with E-state index in [4.69, 9.17) is 9.47 Å². The van der Waals surface area contributed by atoms with E-state index < -0.39 is 32.2 Å². The summed E-state index contributed by atoms with van der Waals surface area (Å²) in [5, 5.41) is 9.88. The van der Waals surface area contributed by atoms with Crippen LogP contribution in [0.2, 0.25) is 0 Å². The molecule has 4 rings (SSSR count). The minimum atomic E-state index is -3.89. The first-order chi connectivity index (χ1) is 20.3.